The molecule has 0 saturated heterocycles. The molecule has 0 aliphatic heterocycles. The second-order valence-corrected chi connectivity index (χ2v) is 9.08. The van der Waals surface area contributed by atoms with E-state index in [1.54, 1.807) is 0 Å². The number of anilines is 3. The Bertz CT molecular complexity index is 1550. The minimum atomic E-state index is 0.954. The van der Waals surface area contributed by atoms with Gasteiger partial charge in [0.05, 0.1) is 17.1 Å². The van der Waals surface area contributed by atoms with Crippen molar-refractivity contribution < 1.29 is 0 Å². The van der Waals surface area contributed by atoms with Crippen molar-refractivity contribution in [1.82, 2.24) is 9.78 Å². The van der Waals surface area contributed by atoms with Crippen LogP contribution in [-0.2, 0) is 0 Å². The Labute approximate surface area is 217 Å². The Morgan fingerprint density at radius 1 is 0.514 bits per heavy atom. The topological polar surface area (TPSA) is 21.1 Å². The highest BCUT2D eigenvalue weighted by atomic mass is 15.3. The summed E-state index contributed by atoms with van der Waals surface area (Å²) in [6, 6.07) is 50.7. The highest BCUT2D eigenvalue weighted by Crippen LogP contribution is 2.35. The van der Waals surface area contributed by atoms with E-state index >= 15 is 0 Å². The van der Waals surface area contributed by atoms with Gasteiger partial charge in [-0.05, 0) is 61.5 Å². The molecule has 5 aromatic carbocycles. The second-order valence-electron chi connectivity index (χ2n) is 9.08. The fraction of sp³-hybridized carbons (Fsp3) is 0.0294. The van der Waals surface area contributed by atoms with Crippen molar-refractivity contribution in [2.24, 2.45) is 0 Å². The molecule has 0 radical (unpaired) electrons. The maximum atomic E-state index is 5.04. The van der Waals surface area contributed by atoms with E-state index in [-0.39, 0.29) is 0 Å². The van der Waals surface area contributed by atoms with E-state index in [1.807, 2.05) is 22.9 Å². The minimum Gasteiger partial charge on any atom is -0.311 e. The summed E-state index contributed by atoms with van der Waals surface area (Å²) in [5.74, 6) is 0. The highest BCUT2D eigenvalue weighted by molar-refractivity contribution is 5.77. The fourth-order valence-electron chi connectivity index (χ4n) is 4.60. The Morgan fingerprint density at radius 2 is 1.03 bits per heavy atom. The summed E-state index contributed by atoms with van der Waals surface area (Å²) >= 11 is 0. The van der Waals surface area contributed by atoms with Crippen LogP contribution in [0.25, 0.3) is 28.2 Å². The molecule has 3 heteroatoms. The lowest BCUT2D eigenvalue weighted by atomic mass is 10.1. The molecular formula is C34H27N3. The standard InChI is InChI=1S/C34H27N3/c1-26-17-19-28(20-18-26)34-25-33(27-11-5-2-6-12-27)35-37(34)32-23-21-31(22-24-32)36(29-13-7-3-8-14-29)30-15-9-4-10-16-30/h2-25H,1H3. The first-order valence-electron chi connectivity index (χ1n) is 12.5. The quantitative estimate of drug-likeness (QED) is 0.239. The Morgan fingerprint density at radius 3 is 1.59 bits per heavy atom. The summed E-state index contributed by atoms with van der Waals surface area (Å²) in [7, 11) is 0. The summed E-state index contributed by atoms with van der Waals surface area (Å²) in [5, 5.41) is 5.04. The van der Waals surface area contributed by atoms with Gasteiger partial charge >= 0.3 is 0 Å². The molecule has 0 aliphatic rings. The Balaban J connectivity index is 1.44. The molecule has 0 atom stereocenters. The molecule has 0 unspecified atom stereocenters. The van der Waals surface area contributed by atoms with Crippen LogP contribution < -0.4 is 4.90 Å². The first-order valence-corrected chi connectivity index (χ1v) is 12.5. The predicted molar refractivity (Wildman–Crippen MR) is 154 cm³/mol. The van der Waals surface area contributed by atoms with Crippen LogP contribution in [0.15, 0.2) is 146 Å². The van der Waals surface area contributed by atoms with Crippen LogP contribution in [0.1, 0.15) is 5.56 Å². The lowest BCUT2D eigenvalue weighted by Gasteiger charge is -2.25. The van der Waals surface area contributed by atoms with Gasteiger partial charge in [-0.25, -0.2) is 4.68 Å². The fourth-order valence-corrected chi connectivity index (χ4v) is 4.60. The molecule has 37 heavy (non-hydrogen) atoms. The van der Waals surface area contributed by atoms with Crippen molar-refractivity contribution in [3.05, 3.63) is 151 Å². The van der Waals surface area contributed by atoms with Gasteiger partial charge in [0.2, 0.25) is 0 Å². The summed E-state index contributed by atoms with van der Waals surface area (Å²) in [6.07, 6.45) is 0. The minimum absolute atomic E-state index is 0.954. The van der Waals surface area contributed by atoms with Crippen molar-refractivity contribution in [2.75, 3.05) is 4.90 Å². The number of para-hydroxylation sites is 2. The number of aromatic nitrogens is 2. The molecule has 1 heterocycles. The van der Waals surface area contributed by atoms with Gasteiger partial charge < -0.3 is 4.90 Å². The number of rotatable bonds is 6. The molecular weight excluding hydrogens is 450 g/mol. The van der Waals surface area contributed by atoms with Crippen LogP contribution in [-0.4, -0.2) is 9.78 Å². The van der Waals surface area contributed by atoms with Gasteiger partial charge in [0.15, 0.2) is 0 Å². The zero-order valence-electron chi connectivity index (χ0n) is 20.7. The van der Waals surface area contributed by atoms with Gasteiger partial charge in [-0.15, -0.1) is 0 Å². The van der Waals surface area contributed by atoms with Crippen molar-refractivity contribution in [3.8, 4) is 28.2 Å². The molecule has 6 aromatic rings. The van der Waals surface area contributed by atoms with Gasteiger partial charge in [0, 0.05) is 28.2 Å². The number of nitrogens with zero attached hydrogens (tertiary/aromatic N) is 3. The van der Waals surface area contributed by atoms with Crippen molar-refractivity contribution in [2.45, 2.75) is 6.92 Å². The molecule has 0 N–H and O–H groups in total. The van der Waals surface area contributed by atoms with Crippen LogP contribution in [0, 0.1) is 6.92 Å². The smallest absolute Gasteiger partial charge is 0.0934 e. The zero-order chi connectivity index (χ0) is 25.0. The van der Waals surface area contributed by atoms with Crippen LogP contribution >= 0.6 is 0 Å². The third kappa shape index (κ3) is 4.67. The Hall–Kier alpha value is -4.89. The Kier molecular flexibility index (Phi) is 6.10. The first kappa shape index (κ1) is 22.6. The summed E-state index contributed by atoms with van der Waals surface area (Å²) in [4.78, 5) is 2.27. The van der Waals surface area contributed by atoms with Crippen LogP contribution in [0.3, 0.4) is 0 Å². The lowest BCUT2D eigenvalue weighted by Crippen LogP contribution is -2.10. The predicted octanol–water partition coefficient (Wildman–Crippen LogP) is 8.98. The van der Waals surface area contributed by atoms with Crippen molar-refractivity contribution in [3.63, 3.8) is 0 Å². The molecule has 1 aromatic heterocycles. The molecule has 6 rings (SSSR count). The van der Waals surface area contributed by atoms with E-state index in [0.717, 1.165) is 45.3 Å². The van der Waals surface area contributed by atoms with E-state index < -0.39 is 0 Å². The molecule has 0 amide bonds. The SMILES string of the molecule is Cc1ccc(-c2cc(-c3ccccc3)nn2-c2ccc(N(c3ccccc3)c3ccccc3)cc2)cc1. The summed E-state index contributed by atoms with van der Waals surface area (Å²) < 4.78 is 2.05. The van der Waals surface area contributed by atoms with Crippen molar-refractivity contribution >= 4 is 17.1 Å². The molecule has 0 saturated carbocycles. The molecule has 178 valence electrons. The van der Waals surface area contributed by atoms with E-state index in [0.29, 0.717) is 0 Å². The van der Waals surface area contributed by atoms with Gasteiger partial charge in [0.25, 0.3) is 0 Å². The summed E-state index contributed by atoms with van der Waals surface area (Å²) in [6.45, 7) is 2.11. The molecule has 0 bridgehead atoms. The summed E-state index contributed by atoms with van der Waals surface area (Å²) in [5.41, 5.74) is 9.84. The van der Waals surface area contributed by atoms with E-state index in [2.05, 4.69) is 139 Å². The van der Waals surface area contributed by atoms with Crippen molar-refractivity contribution in [1.29, 1.82) is 0 Å². The van der Waals surface area contributed by atoms with E-state index in [9.17, 15) is 0 Å². The van der Waals surface area contributed by atoms with Gasteiger partial charge in [-0.3, -0.25) is 0 Å². The number of hydrogen-bond acceptors (Lipinski definition) is 2. The first-order chi connectivity index (χ1) is 18.3. The largest absolute Gasteiger partial charge is 0.311 e. The molecule has 0 fully saturated rings. The number of aryl methyl sites for hydroxylation is 1. The average Bonchev–Trinajstić information content (AvgIpc) is 3.41. The normalized spacial score (nSPS) is 10.8. The van der Waals surface area contributed by atoms with E-state index in [1.165, 1.54) is 5.56 Å². The monoisotopic (exact) mass is 477 g/mol. The van der Waals surface area contributed by atoms with Gasteiger partial charge in [0.1, 0.15) is 0 Å². The van der Waals surface area contributed by atoms with Crippen LogP contribution in [0.4, 0.5) is 17.1 Å². The maximum absolute atomic E-state index is 5.04. The lowest BCUT2D eigenvalue weighted by molar-refractivity contribution is 0.892. The molecule has 3 nitrogen and oxygen atoms in total. The second kappa shape index (κ2) is 10.00. The third-order valence-electron chi connectivity index (χ3n) is 6.51. The molecule has 0 aliphatic carbocycles. The number of hydrogen-bond donors (Lipinski definition) is 0. The highest BCUT2D eigenvalue weighted by Gasteiger charge is 2.15. The maximum Gasteiger partial charge on any atom is 0.0934 e. The zero-order valence-corrected chi connectivity index (χ0v) is 20.7. The van der Waals surface area contributed by atoms with Crippen LogP contribution in [0.5, 0.6) is 0 Å². The number of benzene rings is 5. The molecule has 0 spiro atoms. The average molecular weight is 478 g/mol. The van der Waals surface area contributed by atoms with Crippen LogP contribution in [0.2, 0.25) is 0 Å². The van der Waals surface area contributed by atoms with Gasteiger partial charge in [-0.2, -0.15) is 5.10 Å². The van der Waals surface area contributed by atoms with E-state index in [4.69, 9.17) is 5.10 Å². The van der Waals surface area contributed by atoms with Gasteiger partial charge in [-0.1, -0.05) is 96.6 Å². The third-order valence-corrected chi connectivity index (χ3v) is 6.51.